The lowest BCUT2D eigenvalue weighted by Gasteiger charge is -2.24. The highest BCUT2D eigenvalue weighted by Crippen LogP contribution is 2.39. The van der Waals surface area contributed by atoms with E-state index in [1.807, 2.05) is 17.0 Å². The van der Waals surface area contributed by atoms with E-state index in [1.54, 1.807) is 0 Å². The second kappa shape index (κ2) is 6.06. The second-order valence-corrected chi connectivity index (χ2v) is 7.40. The van der Waals surface area contributed by atoms with E-state index >= 15 is 0 Å². The Kier molecular flexibility index (Phi) is 4.03. The molecule has 2 unspecified atom stereocenters. The van der Waals surface area contributed by atoms with E-state index < -0.39 is 0 Å². The number of aryl methyl sites for hydroxylation is 1. The Morgan fingerprint density at radius 3 is 2.79 bits per heavy atom. The molecule has 0 N–H and O–H groups in total. The van der Waals surface area contributed by atoms with Gasteiger partial charge >= 0.3 is 0 Å². The monoisotopic (exact) mass is 432 g/mol. The van der Waals surface area contributed by atoms with Gasteiger partial charge in [-0.1, -0.05) is 59.9 Å². The summed E-state index contributed by atoms with van der Waals surface area (Å²) in [5.74, 6) is 1.01. The quantitative estimate of drug-likeness (QED) is 0.392. The van der Waals surface area contributed by atoms with Crippen LogP contribution in [0.25, 0.3) is 10.9 Å². The largest absolute Gasteiger partial charge is 0.347 e. The van der Waals surface area contributed by atoms with Crippen molar-refractivity contribution in [2.45, 2.75) is 19.3 Å². The Labute approximate surface area is 156 Å². The lowest BCUT2D eigenvalue weighted by atomic mass is 9.84. The standard InChI is InChI=1S/C20H21IN2O/c1-13-6-3-4-7-14(13)19-15-10-11-23(12-21)20(24)16-8-5-9-17(18(15)16)22(19)2/h3-9,13-14H,10-12H2,1-2H3. The fraction of sp³-hybridized carbons (Fsp3) is 0.350. The lowest BCUT2D eigenvalue weighted by molar-refractivity contribution is 0.0797. The smallest absolute Gasteiger partial charge is 0.255 e. The molecule has 2 atom stereocenters. The van der Waals surface area contributed by atoms with E-state index in [0.717, 1.165) is 23.1 Å². The lowest BCUT2D eigenvalue weighted by Crippen LogP contribution is -2.30. The van der Waals surface area contributed by atoms with Crippen molar-refractivity contribution in [2.75, 3.05) is 11.1 Å². The summed E-state index contributed by atoms with van der Waals surface area (Å²) < 4.78 is 3.05. The minimum Gasteiger partial charge on any atom is -0.347 e. The fourth-order valence-corrected chi connectivity index (χ4v) is 4.80. The van der Waals surface area contributed by atoms with Gasteiger partial charge in [-0.05, 0) is 30.0 Å². The molecular weight excluding hydrogens is 411 g/mol. The van der Waals surface area contributed by atoms with Gasteiger partial charge < -0.3 is 9.47 Å². The van der Waals surface area contributed by atoms with Gasteiger partial charge in [0.2, 0.25) is 0 Å². The van der Waals surface area contributed by atoms with Crippen molar-refractivity contribution in [2.24, 2.45) is 13.0 Å². The summed E-state index contributed by atoms with van der Waals surface area (Å²) in [6, 6.07) is 6.15. The zero-order valence-electron chi connectivity index (χ0n) is 14.0. The van der Waals surface area contributed by atoms with E-state index in [2.05, 4.69) is 71.5 Å². The highest BCUT2D eigenvalue weighted by molar-refractivity contribution is 14.1. The third-order valence-corrected chi connectivity index (χ3v) is 6.22. The molecule has 2 aliphatic rings. The molecule has 2 heterocycles. The molecule has 0 radical (unpaired) electrons. The molecular formula is C20H21IN2O. The second-order valence-electron chi connectivity index (χ2n) is 6.72. The summed E-state index contributed by atoms with van der Waals surface area (Å²) in [5, 5.41) is 1.17. The van der Waals surface area contributed by atoms with Gasteiger partial charge in [-0.2, -0.15) is 0 Å². The molecule has 1 aromatic heterocycles. The molecule has 1 aromatic carbocycles. The first kappa shape index (κ1) is 15.9. The normalized spacial score (nSPS) is 23.1. The Balaban J connectivity index is 1.99. The van der Waals surface area contributed by atoms with Crippen molar-refractivity contribution in [3.63, 3.8) is 0 Å². The van der Waals surface area contributed by atoms with Gasteiger partial charge in [-0.25, -0.2) is 0 Å². The van der Waals surface area contributed by atoms with Crippen LogP contribution in [0.1, 0.15) is 34.5 Å². The Bertz CT molecular complexity index is 877. The Morgan fingerprint density at radius 2 is 2.04 bits per heavy atom. The predicted molar refractivity (Wildman–Crippen MR) is 107 cm³/mol. The molecule has 1 amide bonds. The number of nitrogens with zero attached hydrogens (tertiary/aromatic N) is 2. The van der Waals surface area contributed by atoms with Gasteiger partial charge in [0.1, 0.15) is 0 Å². The summed E-state index contributed by atoms with van der Waals surface area (Å²) in [6.07, 6.45) is 9.79. The van der Waals surface area contributed by atoms with Crippen LogP contribution in [0.15, 0.2) is 42.5 Å². The summed E-state index contributed by atoms with van der Waals surface area (Å²) >= 11 is 2.29. The fourth-order valence-electron chi connectivity index (χ4n) is 4.14. The first-order chi connectivity index (χ1) is 11.6. The number of hydrogen-bond acceptors (Lipinski definition) is 1. The van der Waals surface area contributed by atoms with Crippen molar-refractivity contribution < 1.29 is 4.79 Å². The van der Waals surface area contributed by atoms with Gasteiger partial charge in [0.25, 0.3) is 5.91 Å². The van der Waals surface area contributed by atoms with Gasteiger partial charge in [0.15, 0.2) is 0 Å². The van der Waals surface area contributed by atoms with Crippen LogP contribution in [0, 0.1) is 5.92 Å². The van der Waals surface area contributed by atoms with Crippen LogP contribution in [-0.2, 0) is 13.5 Å². The molecule has 0 spiro atoms. The molecule has 0 fully saturated rings. The van der Waals surface area contributed by atoms with Crippen LogP contribution < -0.4 is 0 Å². The van der Waals surface area contributed by atoms with Gasteiger partial charge in [-0.3, -0.25) is 4.79 Å². The molecule has 1 aliphatic carbocycles. The van der Waals surface area contributed by atoms with Crippen LogP contribution in [0.3, 0.4) is 0 Å². The maximum atomic E-state index is 12.9. The average Bonchev–Trinajstić information content (AvgIpc) is 2.79. The van der Waals surface area contributed by atoms with Crippen molar-refractivity contribution >= 4 is 39.4 Å². The van der Waals surface area contributed by atoms with E-state index in [-0.39, 0.29) is 5.91 Å². The third kappa shape index (κ3) is 2.26. The number of alkyl halides is 1. The molecule has 124 valence electrons. The van der Waals surface area contributed by atoms with Crippen molar-refractivity contribution in [3.05, 3.63) is 59.3 Å². The number of carbonyl (C=O) groups excluding carboxylic acids is 1. The van der Waals surface area contributed by atoms with Crippen LogP contribution in [0.5, 0.6) is 0 Å². The van der Waals surface area contributed by atoms with Crippen molar-refractivity contribution in [1.29, 1.82) is 0 Å². The minimum absolute atomic E-state index is 0.165. The summed E-state index contributed by atoms with van der Waals surface area (Å²) in [7, 11) is 2.14. The number of amides is 1. The highest BCUT2D eigenvalue weighted by Gasteiger charge is 2.30. The average molecular weight is 432 g/mol. The number of benzene rings is 1. The number of rotatable bonds is 2. The molecule has 2 aromatic rings. The minimum atomic E-state index is 0.165. The molecule has 0 saturated carbocycles. The maximum absolute atomic E-state index is 12.9. The molecule has 4 heteroatoms. The molecule has 24 heavy (non-hydrogen) atoms. The first-order valence-corrected chi connectivity index (χ1v) is 9.96. The van der Waals surface area contributed by atoms with Crippen LogP contribution in [0.4, 0.5) is 0 Å². The zero-order valence-corrected chi connectivity index (χ0v) is 16.2. The van der Waals surface area contributed by atoms with Gasteiger partial charge in [0.05, 0.1) is 4.55 Å². The number of aromatic nitrogens is 1. The van der Waals surface area contributed by atoms with Crippen LogP contribution in [-0.4, -0.2) is 26.5 Å². The maximum Gasteiger partial charge on any atom is 0.255 e. The summed E-state index contributed by atoms with van der Waals surface area (Å²) in [5.41, 5.74) is 4.77. The Hall–Kier alpha value is -1.56. The SMILES string of the molecule is CC1C=CC=CC1c1c2c3c(cccc3n1C)C(=O)N(CI)CC2. The van der Waals surface area contributed by atoms with E-state index in [0.29, 0.717) is 11.8 Å². The third-order valence-electron chi connectivity index (χ3n) is 5.40. The summed E-state index contributed by atoms with van der Waals surface area (Å²) in [4.78, 5) is 14.9. The first-order valence-electron chi connectivity index (χ1n) is 8.44. The number of allylic oxidation sites excluding steroid dienone is 4. The van der Waals surface area contributed by atoms with E-state index in [4.69, 9.17) is 0 Å². The molecule has 1 aliphatic heterocycles. The van der Waals surface area contributed by atoms with Crippen molar-refractivity contribution in [1.82, 2.24) is 9.47 Å². The highest BCUT2D eigenvalue weighted by atomic mass is 127. The van der Waals surface area contributed by atoms with Gasteiger partial charge in [-0.15, -0.1) is 0 Å². The van der Waals surface area contributed by atoms with E-state index in [1.165, 1.54) is 22.2 Å². The molecule has 4 rings (SSSR count). The molecule has 0 saturated heterocycles. The molecule has 3 nitrogen and oxygen atoms in total. The topological polar surface area (TPSA) is 25.2 Å². The predicted octanol–water partition coefficient (Wildman–Crippen LogP) is 4.41. The zero-order chi connectivity index (χ0) is 16.8. The van der Waals surface area contributed by atoms with Crippen molar-refractivity contribution in [3.8, 4) is 0 Å². The number of carbonyl (C=O) groups is 1. The van der Waals surface area contributed by atoms with Crippen LogP contribution in [0.2, 0.25) is 0 Å². The summed E-state index contributed by atoms with van der Waals surface area (Å²) in [6.45, 7) is 3.07. The van der Waals surface area contributed by atoms with E-state index in [9.17, 15) is 4.79 Å². The number of halogens is 1. The van der Waals surface area contributed by atoms with Gasteiger partial charge in [0, 0.05) is 41.7 Å². The Morgan fingerprint density at radius 1 is 1.25 bits per heavy atom. The molecule has 0 bridgehead atoms. The number of hydrogen-bond donors (Lipinski definition) is 0. The van der Waals surface area contributed by atoms with Crippen LogP contribution >= 0.6 is 22.6 Å².